The molecule has 0 fully saturated rings. The number of amides is 3. The number of aromatic nitrogens is 1. The van der Waals surface area contributed by atoms with Gasteiger partial charge in [-0.15, -0.1) is 11.3 Å². The molecule has 0 atom stereocenters. The highest BCUT2D eigenvalue weighted by Gasteiger charge is 2.22. The van der Waals surface area contributed by atoms with Crippen LogP contribution in [0, 0.1) is 0 Å². The lowest BCUT2D eigenvalue weighted by Crippen LogP contribution is -2.32. The summed E-state index contributed by atoms with van der Waals surface area (Å²) in [6, 6.07) is 17.5. The number of para-hydroxylation sites is 1. The maximum Gasteiger partial charge on any atom is 0.339 e. The van der Waals surface area contributed by atoms with Crippen LogP contribution in [-0.4, -0.2) is 21.2 Å². The highest BCUT2D eigenvalue weighted by atomic mass is 32.1. The number of nitrogens with one attached hydrogen (secondary N) is 1. The summed E-state index contributed by atoms with van der Waals surface area (Å²) in [5.41, 5.74) is 2.44. The Labute approximate surface area is 164 Å². The molecule has 0 aliphatic carbocycles. The number of thiazole rings is 1. The molecule has 27 heavy (non-hydrogen) atoms. The minimum Gasteiger partial charge on any atom is -0.459 e. The zero-order valence-corrected chi connectivity index (χ0v) is 15.5. The fraction of sp³-hybridized carbons (Fsp3) is 0. The van der Waals surface area contributed by atoms with E-state index < -0.39 is 11.9 Å². The van der Waals surface area contributed by atoms with Crippen LogP contribution in [0.15, 0.2) is 71.3 Å². The molecular formula is C19H13N3O3S2. The van der Waals surface area contributed by atoms with Gasteiger partial charge in [-0.2, -0.15) is 0 Å². The van der Waals surface area contributed by atoms with E-state index in [4.69, 9.17) is 4.42 Å². The molecule has 0 aliphatic heterocycles. The van der Waals surface area contributed by atoms with Crippen LogP contribution in [-0.2, 0) is 0 Å². The summed E-state index contributed by atoms with van der Waals surface area (Å²) >= 11 is 5.55. The van der Waals surface area contributed by atoms with Gasteiger partial charge in [0.2, 0.25) is 0 Å². The van der Waals surface area contributed by atoms with Gasteiger partial charge >= 0.3 is 11.9 Å². The number of nitrogens with zero attached hydrogens (tertiary/aromatic N) is 2. The van der Waals surface area contributed by atoms with E-state index in [0.29, 0.717) is 9.99 Å². The van der Waals surface area contributed by atoms with Gasteiger partial charge in [-0.25, -0.2) is 14.1 Å². The molecule has 6 nitrogen and oxygen atoms in total. The number of urea groups is 1. The fourth-order valence-electron chi connectivity index (χ4n) is 2.47. The van der Waals surface area contributed by atoms with E-state index in [1.807, 2.05) is 36.4 Å². The number of carbonyl (C=O) groups is 2. The van der Waals surface area contributed by atoms with Crippen molar-refractivity contribution < 1.29 is 14.0 Å². The molecule has 2 aromatic heterocycles. The fourth-order valence-corrected chi connectivity index (χ4v) is 3.58. The Morgan fingerprint density at radius 1 is 1.04 bits per heavy atom. The molecular weight excluding hydrogens is 382 g/mol. The number of furan rings is 1. The van der Waals surface area contributed by atoms with Gasteiger partial charge in [0.1, 0.15) is 5.01 Å². The molecule has 2 aromatic carbocycles. The number of hydrogen-bond donors (Lipinski definition) is 2. The maximum absolute atomic E-state index is 12.2. The predicted molar refractivity (Wildman–Crippen MR) is 108 cm³/mol. The summed E-state index contributed by atoms with van der Waals surface area (Å²) in [4.78, 5) is 28.8. The second-order valence-electron chi connectivity index (χ2n) is 5.59. The normalized spacial score (nSPS) is 10.7. The van der Waals surface area contributed by atoms with Crippen molar-refractivity contribution >= 4 is 52.0 Å². The van der Waals surface area contributed by atoms with Gasteiger partial charge in [0.05, 0.1) is 16.5 Å². The largest absolute Gasteiger partial charge is 0.459 e. The summed E-state index contributed by atoms with van der Waals surface area (Å²) in [5.74, 6) is -0.613. The lowest BCUT2D eigenvalue weighted by atomic mass is 10.2. The topological polar surface area (TPSA) is 75.4 Å². The van der Waals surface area contributed by atoms with Crippen LogP contribution < -0.4 is 5.32 Å². The molecule has 0 radical (unpaired) electrons. The van der Waals surface area contributed by atoms with E-state index in [9.17, 15) is 9.59 Å². The van der Waals surface area contributed by atoms with E-state index in [0.717, 1.165) is 20.8 Å². The maximum atomic E-state index is 12.2. The Morgan fingerprint density at radius 3 is 2.52 bits per heavy atom. The summed E-state index contributed by atoms with van der Waals surface area (Å²) < 4.78 is 6.77. The minimum atomic E-state index is -0.674. The van der Waals surface area contributed by atoms with Crippen LogP contribution in [0.4, 0.5) is 10.5 Å². The van der Waals surface area contributed by atoms with Gasteiger partial charge < -0.3 is 9.73 Å². The van der Waals surface area contributed by atoms with Crippen LogP contribution >= 0.6 is 24.2 Å². The third-order valence-electron chi connectivity index (χ3n) is 3.79. The van der Waals surface area contributed by atoms with Crippen molar-refractivity contribution in [3.05, 3.63) is 72.7 Å². The number of thiol groups is 1. The van der Waals surface area contributed by atoms with E-state index in [1.165, 1.54) is 12.3 Å². The first kappa shape index (κ1) is 17.3. The Balaban J connectivity index is 1.47. The van der Waals surface area contributed by atoms with Gasteiger partial charge in [-0.3, -0.25) is 4.79 Å². The first-order chi connectivity index (χ1) is 13.1. The molecule has 4 aromatic rings. The highest BCUT2D eigenvalue weighted by Crippen LogP contribution is 2.30. The number of hydrogen-bond acceptors (Lipinski definition) is 6. The van der Waals surface area contributed by atoms with E-state index in [2.05, 4.69) is 23.1 Å². The van der Waals surface area contributed by atoms with E-state index >= 15 is 0 Å². The quantitative estimate of drug-likeness (QED) is 0.475. The standard InChI is InChI=1S/C19H13N3O3S2/c23-18(15-5-3-11-25-15)22(26)19(24)20-13-9-7-12(8-10-13)17-21-14-4-1-2-6-16(14)27-17/h1-11,26H,(H,20,24). The van der Waals surface area contributed by atoms with Crippen molar-refractivity contribution in [1.29, 1.82) is 0 Å². The minimum absolute atomic E-state index is 0.0336. The molecule has 2 heterocycles. The molecule has 8 heteroatoms. The Hall–Kier alpha value is -3.10. The molecule has 0 spiro atoms. The molecule has 0 saturated carbocycles. The van der Waals surface area contributed by atoms with Gasteiger partial charge in [0.25, 0.3) is 0 Å². The molecule has 3 amide bonds. The number of imide groups is 1. The van der Waals surface area contributed by atoms with Crippen LogP contribution in [0.5, 0.6) is 0 Å². The van der Waals surface area contributed by atoms with Gasteiger partial charge in [0, 0.05) is 11.3 Å². The van der Waals surface area contributed by atoms with E-state index in [1.54, 1.807) is 29.5 Å². The van der Waals surface area contributed by atoms with Crippen molar-refractivity contribution in [3.8, 4) is 10.6 Å². The second-order valence-corrected chi connectivity index (χ2v) is 7.02. The van der Waals surface area contributed by atoms with Gasteiger partial charge in [-0.1, -0.05) is 24.9 Å². The van der Waals surface area contributed by atoms with Crippen molar-refractivity contribution in [2.24, 2.45) is 0 Å². The van der Waals surface area contributed by atoms with Crippen LogP contribution in [0.1, 0.15) is 10.6 Å². The van der Waals surface area contributed by atoms with Crippen molar-refractivity contribution in [1.82, 2.24) is 9.29 Å². The number of fused-ring (bicyclic) bond motifs is 1. The molecule has 134 valence electrons. The second kappa shape index (κ2) is 7.26. The Kier molecular flexibility index (Phi) is 4.66. The summed E-state index contributed by atoms with van der Waals surface area (Å²) in [7, 11) is 0. The predicted octanol–water partition coefficient (Wildman–Crippen LogP) is 5.08. The monoisotopic (exact) mass is 395 g/mol. The molecule has 0 bridgehead atoms. The zero-order valence-electron chi connectivity index (χ0n) is 13.8. The lowest BCUT2D eigenvalue weighted by Gasteiger charge is -2.13. The molecule has 0 aliphatic rings. The zero-order chi connectivity index (χ0) is 18.8. The smallest absolute Gasteiger partial charge is 0.339 e. The number of rotatable bonds is 3. The molecule has 0 unspecified atom stereocenters. The number of anilines is 1. The first-order valence-electron chi connectivity index (χ1n) is 7.95. The third kappa shape index (κ3) is 3.57. The third-order valence-corrected chi connectivity index (χ3v) is 5.24. The summed E-state index contributed by atoms with van der Waals surface area (Å²) in [5, 5.41) is 3.52. The SMILES string of the molecule is O=C(Nc1ccc(-c2nc3ccccc3s2)cc1)N(S)C(=O)c1ccco1. The first-order valence-corrected chi connectivity index (χ1v) is 9.17. The van der Waals surface area contributed by atoms with Crippen LogP contribution in [0.25, 0.3) is 20.8 Å². The highest BCUT2D eigenvalue weighted by molar-refractivity contribution is 7.79. The summed E-state index contributed by atoms with van der Waals surface area (Å²) in [6.45, 7) is 0. The average molecular weight is 395 g/mol. The Morgan fingerprint density at radius 2 is 1.81 bits per heavy atom. The lowest BCUT2D eigenvalue weighted by molar-refractivity contribution is 0.0873. The number of carbonyl (C=O) groups excluding carboxylic acids is 2. The van der Waals surface area contributed by atoms with E-state index in [-0.39, 0.29) is 5.76 Å². The average Bonchev–Trinajstić information content (AvgIpc) is 3.37. The van der Waals surface area contributed by atoms with Crippen molar-refractivity contribution in [2.45, 2.75) is 0 Å². The van der Waals surface area contributed by atoms with Gasteiger partial charge in [-0.05, 0) is 48.5 Å². The van der Waals surface area contributed by atoms with Crippen LogP contribution in [0.2, 0.25) is 0 Å². The van der Waals surface area contributed by atoms with Crippen molar-refractivity contribution in [3.63, 3.8) is 0 Å². The Bertz CT molecular complexity index is 1070. The van der Waals surface area contributed by atoms with Gasteiger partial charge in [0.15, 0.2) is 5.76 Å². The summed E-state index contributed by atoms with van der Waals surface area (Å²) in [6.07, 6.45) is 1.35. The molecule has 0 saturated heterocycles. The van der Waals surface area contributed by atoms with Crippen LogP contribution in [0.3, 0.4) is 0 Å². The molecule has 1 N–H and O–H groups in total. The number of benzene rings is 2. The molecule has 4 rings (SSSR count). The van der Waals surface area contributed by atoms with Crippen molar-refractivity contribution in [2.75, 3.05) is 5.32 Å².